The highest BCUT2D eigenvalue weighted by Crippen LogP contribution is 2.37. The normalized spacial score (nSPS) is 11.2. The van der Waals surface area contributed by atoms with Gasteiger partial charge in [0.25, 0.3) is 0 Å². The highest BCUT2D eigenvalue weighted by atomic mass is 16.5. The van der Waals surface area contributed by atoms with E-state index in [-0.39, 0.29) is 5.41 Å². The van der Waals surface area contributed by atoms with Crippen molar-refractivity contribution in [2.45, 2.75) is 25.2 Å². The summed E-state index contributed by atoms with van der Waals surface area (Å²) in [5, 5.41) is 0. The molecular weight excluding hydrogens is 320 g/mol. The molecule has 0 aromatic heterocycles. The van der Waals surface area contributed by atoms with E-state index in [1.165, 1.54) is 16.7 Å². The van der Waals surface area contributed by atoms with Gasteiger partial charge in [-0.3, -0.25) is 0 Å². The zero-order valence-corrected chi connectivity index (χ0v) is 15.7. The summed E-state index contributed by atoms with van der Waals surface area (Å²) in [5.41, 5.74) is 3.86. The number of hydrogen-bond donors (Lipinski definition) is 0. The summed E-state index contributed by atoms with van der Waals surface area (Å²) in [6.07, 6.45) is 2.05. The van der Waals surface area contributed by atoms with Crippen molar-refractivity contribution in [3.05, 3.63) is 95.6 Å². The van der Waals surface area contributed by atoms with Crippen molar-refractivity contribution in [1.29, 1.82) is 0 Å². The van der Waals surface area contributed by atoms with Crippen LogP contribution in [0.15, 0.2) is 78.9 Å². The van der Waals surface area contributed by atoms with Gasteiger partial charge in [-0.1, -0.05) is 61.5 Å². The number of hydrogen-bond acceptors (Lipinski definition) is 2. The van der Waals surface area contributed by atoms with Gasteiger partial charge in [0.1, 0.15) is 11.5 Å². The van der Waals surface area contributed by atoms with Crippen LogP contribution in [-0.2, 0) is 11.8 Å². The third kappa shape index (κ3) is 3.91. The average Bonchev–Trinajstić information content (AvgIpc) is 2.73. The molecule has 0 N–H and O–H groups in total. The van der Waals surface area contributed by atoms with E-state index in [4.69, 9.17) is 9.47 Å². The van der Waals surface area contributed by atoms with Crippen LogP contribution in [0.25, 0.3) is 0 Å². The largest absolute Gasteiger partial charge is 0.497 e. The van der Waals surface area contributed by atoms with Crippen LogP contribution in [0.3, 0.4) is 0 Å². The lowest BCUT2D eigenvalue weighted by atomic mass is 9.72. The van der Waals surface area contributed by atoms with Gasteiger partial charge in [0, 0.05) is 5.41 Å². The van der Waals surface area contributed by atoms with Crippen LogP contribution in [0, 0.1) is 0 Å². The average molecular weight is 346 g/mol. The number of ether oxygens (including phenoxy) is 2. The summed E-state index contributed by atoms with van der Waals surface area (Å²) in [4.78, 5) is 0. The highest BCUT2D eigenvalue weighted by molar-refractivity contribution is 5.43. The third-order valence-corrected chi connectivity index (χ3v) is 5.21. The molecule has 0 saturated heterocycles. The van der Waals surface area contributed by atoms with Gasteiger partial charge in [-0.2, -0.15) is 0 Å². The quantitative estimate of drug-likeness (QED) is 0.551. The third-order valence-electron chi connectivity index (χ3n) is 5.21. The van der Waals surface area contributed by atoms with E-state index >= 15 is 0 Å². The summed E-state index contributed by atoms with van der Waals surface area (Å²) in [5.74, 6) is 1.77. The van der Waals surface area contributed by atoms with Crippen LogP contribution in [0.1, 0.15) is 30.0 Å². The van der Waals surface area contributed by atoms with Gasteiger partial charge >= 0.3 is 0 Å². The Morgan fingerprint density at radius 1 is 0.654 bits per heavy atom. The van der Waals surface area contributed by atoms with Crippen LogP contribution >= 0.6 is 0 Å². The molecule has 0 saturated carbocycles. The molecule has 0 radical (unpaired) electrons. The van der Waals surface area contributed by atoms with E-state index in [0.717, 1.165) is 24.3 Å². The van der Waals surface area contributed by atoms with Gasteiger partial charge in [0.15, 0.2) is 0 Å². The predicted molar refractivity (Wildman–Crippen MR) is 107 cm³/mol. The van der Waals surface area contributed by atoms with Crippen molar-refractivity contribution >= 4 is 0 Å². The number of methoxy groups -OCH3 is 2. The number of aryl methyl sites for hydroxylation is 1. The van der Waals surface area contributed by atoms with Crippen molar-refractivity contribution in [1.82, 2.24) is 0 Å². The molecule has 3 aromatic rings. The summed E-state index contributed by atoms with van der Waals surface area (Å²) in [6, 6.07) is 27.5. The summed E-state index contributed by atoms with van der Waals surface area (Å²) in [7, 11) is 3.40. The molecule has 3 rings (SSSR count). The van der Waals surface area contributed by atoms with E-state index in [1.807, 2.05) is 24.3 Å². The fourth-order valence-electron chi connectivity index (χ4n) is 3.41. The number of benzene rings is 3. The van der Waals surface area contributed by atoms with E-state index in [9.17, 15) is 0 Å². The highest BCUT2D eigenvalue weighted by Gasteiger charge is 2.28. The van der Waals surface area contributed by atoms with Crippen LogP contribution in [-0.4, -0.2) is 14.2 Å². The SMILES string of the molecule is COc1ccc(C(C)(CCc2ccccc2)c2ccc(OC)cc2)cc1. The first-order valence-corrected chi connectivity index (χ1v) is 8.99. The van der Waals surface area contributed by atoms with E-state index in [0.29, 0.717) is 0 Å². The molecule has 3 aromatic carbocycles. The molecule has 0 spiro atoms. The Labute approximate surface area is 156 Å². The second-order valence-electron chi connectivity index (χ2n) is 6.77. The van der Waals surface area contributed by atoms with E-state index in [2.05, 4.69) is 61.5 Å². The fraction of sp³-hybridized carbons (Fsp3) is 0.250. The molecule has 0 bridgehead atoms. The predicted octanol–water partition coefficient (Wildman–Crippen LogP) is 5.64. The minimum atomic E-state index is -0.0889. The molecule has 0 amide bonds. The fourth-order valence-corrected chi connectivity index (χ4v) is 3.41. The van der Waals surface area contributed by atoms with Crippen molar-refractivity contribution in [3.63, 3.8) is 0 Å². The molecule has 0 unspecified atom stereocenters. The van der Waals surface area contributed by atoms with Crippen molar-refractivity contribution < 1.29 is 9.47 Å². The Balaban J connectivity index is 1.95. The van der Waals surface area contributed by atoms with E-state index in [1.54, 1.807) is 14.2 Å². The van der Waals surface area contributed by atoms with Gasteiger partial charge in [-0.05, 0) is 53.8 Å². The van der Waals surface area contributed by atoms with Gasteiger partial charge in [0.2, 0.25) is 0 Å². The maximum Gasteiger partial charge on any atom is 0.118 e. The smallest absolute Gasteiger partial charge is 0.118 e. The van der Waals surface area contributed by atoms with Crippen LogP contribution in [0.2, 0.25) is 0 Å². The molecule has 0 atom stereocenters. The first-order valence-electron chi connectivity index (χ1n) is 8.99. The second kappa shape index (κ2) is 8.09. The van der Waals surface area contributed by atoms with Crippen LogP contribution in [0.5, 0.6) is 11.5 Å². The molecule has 2 heteroatoms. The second-order valence-corrected chi connectivity index (χ2v) is 6.77. The van der Waals surface area contributed by atoms with Crippen LogP contribution in [0.4, 0.5) is 0 Å². The molecule has 0 heterocycles. The van der Waals surface area contributed by atoms with E-state index < -0.39 is 0 Å². The van der Waals surface area contributed by atoms with Crippen molar-refractivity contribution in [3.8, 4) is 11.5 Å². The van der Waals surface area contributed by atoms with Crippen molar-refractivity contribution in [2.24, 2.45) is 0 Å². The lowest BCUT2D eigenvalue weighted by molar-refractivity contribution is 0.413. The molecule has 0 aliphatic heterocycles. The Kier molecular flexibility index (Phi) is 5.62. The first kappa shape index (κ1) is 18.1. The van der Waals surface area contributed by atoms with Gasteiger partial charge in [0.05, 0.1) is 14.2 Å². The van der Waals surface area contributed by atoms with Crippen LogP contribution < -0.4 is 9.47 Å². The topological polar surface area (TPSA) is 18.5 Å². The summed E-state index contributed by atoms with van der Waals surface area (Å²) >= 11 is 0. The van der Waals surface area contributed by atoms with Gasteiger partial charge in [-0.25, -0.2) is 0 Å². The lowest BCUT2D eigenvalue weighted by Gasteiger charge is -2.31. The van der Waals surface area contributed by atoms with Gasteiger partial charge < -0.3 is 9.47 Å². The molecule has 0 aliphatic carbocycles. The first-order chi connectivity index (χ1) is 12.7. The monoisotopic (exact) mass is 346 g/mol. The molecule has 0 aliphatic rings. The maximum absolute atomic E-state index is 5.33. The Hall–Kier alpha value is -2.74. The number of rotatable bonds is 7. The summed E-state index contributed by atoms with van der Waals surface area (Å²) in [6.45, 7) is 2.32. The lowest BCUT2D eigenvalue weighted by Crippen LogP contribution is -2.24. The molecule has 134 valence electrons. The molecule has 0 fully saturated rings. The Morgan fingerprint density at radius 2 is 1.12 bits per heavy atom. The maximum atomic E-state index is 5.33. The zero-order chi connectivity index (χ0) is 18.4. The molecule has 2 nitrogen and oxygen atoms in total. The standard InChI is InChI=1S/C24H26O2/c1-24(18-17-19-7-5-4-6-8-19,20-9-13-22(25-2)14-10-20)21-11-15-23(26-3)16-12-21/h4-16H,17-18H2,1-3H3. The minimum absolute atomic E-state index is 0.0889. The molecular formula is C24H26O2. The zero-order valence-electron chi connectivity index (χ0n) is 15.7. The summed E-state index contributed by atoms with van der Waals surface area (Å²) < 4.78 is 10.7. The van der Waals surface area contributed by atoms with Crippen molar-refractivity contribution in [2.75, 3.05) is 14.2 Å². The van der Waals surface area contributed by atoms with Gasteiger partial charge in [-0.15, -0.1) is 0 Å². The Morgan fingerprint density at radius 3 is 1.54 bits per heavy atom. The molecule has 26 heavy (non-hydrogen) atoms. The Bertz CT molecular complexity index is 758. The minimum Gasteiger partial charge on any atom is -0.497 e.